The van der Waals surface area contributed by atoms with E-state index in [1.54, 1.807) is 0 Å². The Morgan fingerprint density at radius 3 is 2.00 bits per heavy atom. The van der Waals surface area contributed by atoms with Crippen LogP contribution in [0, 0.1) is 0 Å². The van der Waals surface area contributed by atoms with E-state index < -0.39 is 17.8 Å². The van der Waals surface area contributed by atoms with E-state index in [2.05, 4.69) is 6.58 Å². The molecule has 2 aromatic rings. The van der Waals surface area contributed by atoms with Crippen LogP contribution in [0.2, 0.25) is 20.1 Å². The third-order valence-electron chi connectivity index (χ3n) is 3.56. The molecule has 3 rings (SSSR count). The molecule has 9 heteroatoms. The lowest BCUT2D eigenvalue weighted by atomic mass is 10.1. The number of carbonyl (C=O) groups excluding carboxylic acids is 3. The Hall–Kier alpha value is -2.05. The minimum Gasteiger partial charge on any atom is -0.423 e. The Labute approximate surface area is 167 Å². The molecule has 0 aromatic heterocycles. The highest BCUT2D eigenvalue weighted by molar-refractivity contribution is 6.56. The molecule has 0 saturated carbocycles. The Balaban J connectivity index is 2.11. The molecule has 0 unspecified atom stereocenters. The average Bonchev–Trinajstić information content (AvgIpc) is 2.88. The minimum absolute atomic E-state index is 0.117. The molecule has 2 amide bonds. The molecule has 1 aliphatic rings. The van der Waals surface area contributed by atoms with Gasteiger partial charge in [0.2, 0.25) is 0 Å². The van der Waals surface area contributed by atoms with Gasteiger partial charge in [0, 0.05) is 12.1 Å². The number of esters is 1. The van der Waals surface area contributed by atoms with Crippen LogP contribution in [-0.2, 0) is 4.79 Å². The van der Waals surface area contributed by atoms with Gasteiger partial charge in [-0.2, -0.15) is 0 Å². The van der Waals surface area contributed by atoms with Gasteiger partial charge in [0.05, 0.1) is 36.9 Å². The molecule has 5 nitrogen and oxygen atoms in total. The molecule has 132 valence electrons. The number of hydrogen-bond donors (Lipinski definition) is 0. The van der Waals surface area contributed by atoms with E-state index in [4.69, 9.17) is 51.1 Å². The molecular formula is C17H7Cl4NO4. The van der Waals surface area contributed by atoms with Crippen molar-refractivity contribution in [3.05, 3.63) is 68.1 Å². The smallest absolute Gasteiger partial charge is 0.335 e. The van der Waals surface area contributed by atoms with Crippen molar-refractivity contribution in [2.45, 2.75) is 0 Å². The quantitative estimate of drug-likeness (QED) is 0.168. The van der Waals surface area contributed by atoms with Crippen LogP contribution >= 0.6 is 46.4 Å². The zero-order valence-electron chi connectivity index (χ0n) is 12.7. The summed E-state index contributed by atoms with van der Waals surface area (Å²) in [4.78, 5) is 37.7. The zero-order valence-corrected chi connectivity index (χ0v) is 15.7. The first-order valence-electron chi connectivity index (χ1n) is 6.97. The van der Waals surface area contributed by atoms with Crippen molar-refractivity contribution in [2.75, 3.05) is 4.90 Å². The maximum absolute atomic E-state index is 12.8. The van der Waals surface area contributed by atoms with Gasteiger partial charge in [0.1, 0.15) is 5.75 Å². The van der Waals surface area contributed by atoms with Crippen molar-refractivity contribution in [1.82, 2.24) is 0 Å². The zero-order chi connectivity index (χ0) is 19.2. The molecule has 1 aliphatic heterocycles. The number of hydrogen-bond acceptors (Lipinski definition) is 4. The summed E-state index contributed by atoms with van der Waals surface area (Å²) in [7, 11) is 0. The number of fused-ring (bicyclic) bond motifs is 1. The Bertz CT molecular complexity index is 956. The molecule has 2 aromatic carbocycles. The third kappa shape index (κ3) is 2.87. The summed E-state index contributed by atoms with van der Waals surface area (Å²) < 4.78 is 5.00. The van der Waals surface area contributed by atoms with Crippen LogP contribution in [0.4, 0.5) is 5.69 Å². The molecular weight excluding hydrogens is 424 g/mol. The van der Waals surface area contributed by atoms with Gasteiger partial charge in [-0.05, 0) is 12.1 Å². The van der Waals surface area contributed by atoms with Crippen LogP contribution in [0.3, 0.4) is 0 Å². The third-order valence-corrected chi connectivity index (χ3v) is 5.36. The highest BCUT2D eigenvalue weighted by Crippen LogP contribution is 2.45. The number of imide groups is 1. The number of halogens is 4. The maximum atomic E-state index is 12.8. The van der Waals surface area contributed by atoms with E-state index in [0.717, 1.165) is 11.0 Å². The lowest BCUT2D eigenvalue weighted by Gasteiger charge is -2.14. The second-order valence-corrected chi connectivity index (χ2v) is 6.59. The topological polar surface area (TPSA) is 63.7 Å². The number of ether oxygens (including phenoxy) is 1. The number of amides is 2. The normalized spacial score (nSPS) is 13.0. The predicted molar refractivity (Wildman–Crippen MR) is 99.9 cm³/mol. The SMILES string of the molecule is C=CC(=O)Oc1cccc(N2C(=O)c3c(Cl)c(Cl)c(Cl)c(Cl)c3C2=O)c1. The number of carbonyl (C=O) groups is 3. The average molecular weight is 431 g/mol. The predicted octanol–water partition coefficient (Wildman–Crippen LogP) is 5.19. The lowest BCUT2D eigenvalue weighted by Crippen LogP contribution is -2.29. The molecule has 0 spiro atoms. The molecule has 0 atom stereocenters. The summed E-state index contributed by atoms with van der Waals surface area (Å²) in [6.45, 7) is 3.30. The molecule has 0 radical (unpaired) electrons. The highest BCUT2D eigenvalue weighted by Gasteiger charge is 2.42. The molecule has 0 N–H and O–H groups in total. The van der Waals surface area contributed by atoms with Crippen molar-refractivity contribution in [3.63, 3.8) is 0 Å². The van der Waals surface area contributed by atoms with E-state index in [1.807, 2.05) is 0 Å². The largest absolute Gasteiger partial charge is 0.423 e. The highest BCUT2D eigenvalue weighted by atomic mass is 35.5. The second-order valence-electron chi connectivity index (χ2n) is 5.07. The molecule has 0 bridgehead atoms. The Morgan fingerprint density at radius 1 is 0.962 bits per heavy atom. The number of benzene rings is 2. The summed E-state index contributed by atoms with van der Waals surface area (Å²) in [6.07, 6.45) is 0.984. The Morgan fingerprint density at radius 2 is 1.50 bits per heavy atom. The Kier molecular flexibility index (Phi) is 4.99. The van der Waals surface area contributed by atoms with Crippen LogP contribution in [0.15, 0.2) is 36.9 Å². The van der Waals surface area contributed by atoms with Crippen LogP contribution in [-0.4, -0.2) is 17.8 Å². The van der Waals surface area contributed by atoms with E-state index in [-0.39, 0.29) is 42.7 Å². The van der Waals surface area contributed by atoms with Gasteiger partial charge in [0.15, 0.2) is 0 Å². The first kappa shape index (κ1) is 18.7. The van der Waals surface area contributed by atoms with E-state index in [1.165, 1.54) is 24.3 Å². The summed E-state index contributed by atoms with van der Waals surface area (Å²) in [5.74, 6) is -2.00. The molecule has 0 aliphatic carbocycles. The van der Waals surface area contributed by atoms with Crippen molar-refractivity contribution >= 4 is 69.9 Å². The summed E-state index contributed by atoms with van der Waals surface area (Å²) >= 11 is 24.1. The van der Waals surface area contributed by atoms with Crippen LogP contribution in [0.1, 0.15) is 20.7 Å². The van der Waals surface area contributed by atoms with Gasteiger partial charge in [-0.3, -0.25) is 9.59 Å². The van der Waals surface area contributed by atoms with Crippen molar-refractivity contribution in [2.24, 2.45) is 0 Å². The summed E-state index contributed by atoms with van der Waals surface area (Å²) in [5.41, 5.74) is -0.112. The summed E-state index contributed by atoms with van der Waals surface area (Å²) in [5, 5.41) is -0.556. The van der Waals surface area contributed by atoms with E-state index >= 15 is 0 Å². The van der Waals surface area contributed by atoms with Crippen molar-refractivity contribution < 1.29 is 19.1 Å². The standard InChI is InChI=1S/C17H7Cl4NO4/c1-2-9(23)26-8-5-3-4-7(6-8)22-16(24)10-11(17(22)25)13(19)15(21)14(20)12(10)18/h2-6H,1H2. The minimum atomic E-state index is -0.720. The first-order valence-corrected chi connectivity index (χ1v) is 8.48. The number of anilines is 1. The van der Waals surface area contributed by atoms with Gasteiger partial charge in [-0.15, -0.1) is 0 Å². The molecule has 0 fully saturated rings. The van der Waals surface area contributed by atoms with Crippen LogP contribution in [0.5, 0.6) is 5.75 Å². The van der Waals surface area contributed by atoms with Crippen LogP contribution in [0.25, 0.3) is 0 Å². The fraction of sp³-hybridized carbons (Fsp3) is 0. The van der Waals surface area contributed by atoms with Gasteiger partial charge in [-0.25, -0.2) is 9.69 Å². The van der Waals surface area contributed by atoms with Crippen molar-refractivity contribution in [1.29, 1.82) is 0 Å². The van der Waals surface area contributed by atoms with E-state index in [0.29, 0.717) is 0 Å². The number of nitrogens with zero attached hydrogens (tertiary/aromatic N) is 1. The molecule has 0 saturated heterocycles. The van der Waals surface area contributed by atoms with Gasteiger partial charge in [0.25, 0.3) is 11.8 Å². The molecule has 26 heavy (non-hydrogen) atoms. The molecule has 1 heterocycles. The fourth-order valence-corrected chi connectivity index (χ4v) is 3.44. The van der Waals surface area contributed by atoms with Crippen molar-refractivity contribution in [3.8, 4) is 5.75 Å². The second kappa shape index (κ2) is 6.93. The van der Waals surface area contributed by atoms with Crippen LogP contribution < -0.4 is 9.64 Å². The monoisotopic (exact) mass is 429 g/mol. The lowest BCUT2D eigenvalue weighted by molar-refractivity contribution is -0.128. The maximum Gasteiger partial charge on any atom is 0.335 e. The van der Waals surface area contributed by atoms with E-state index in [9.17, 15) is 14.4 Å². The first-order chi connectivity index (χ1) is 12.3. The summed E-state index contributed by atoms with van der Waals surface area (Å²) in [6, 6.07) is 5.82. The van der Waals surface area contributed by atoms with Gasteiger partial charge >= 0.3 is 5.97 Å². The fourth-order valence-electron chi connectivity index (χ4n) is 2.43. The van der Waals surface area contributed by atoms with Gasteiger partial charge < -0.3 is 4.74 Å². The van der Waals surface area contributed by atoms with Gasteiger partial charge in [-0.1, -0.05) is 59.0 Å². The number of rotatable bonds is 3.